The van der Waals surface area contributed by atoms with Crippen molar-refractivity contribution in [2.75, 3.05) is 20.8 Å². The molecule has 1 saturated carbocycles. The quantitative estimate of drug-likeness (QED) is 0.782. The van der Waals surface area contributed by atoms with E-state index in [1.807, 2.05) is 7.05 Å². The van der Waals surface area contributed by atoms with Crippen LogP contribution in [0.1, 0.15) is 34.9 Å². The van der Waals surface area contributed by atoms with E-state index in [9.17, 15) is 9.18 Å². The molecule has 2 atom stereocenters. The number of ether oxygens (including phenoxy) is 1. The van der Waals surface area contributed by atoms with Gasteiger partial charge in [-0.25, -0.2) is 4.39 Å². The third kappa shape index (κ3) is 5.36. The monoisotopic (exact) mass is 282 g/mol. The topological polar surface area (TPSA) is 64.3 Å². The van der Waals surface area contributed by atoms with Gasteiger partial charge in [-0.15, -0.1) is 0 Å². The summed E-state index contributed by atoms with van der Waals surface area (Å²) in [5.74, 6) is 0. The highest BCUT2D eigenvalue weighted by molar-refractivity contribution is 5.74. The average Bonchev–Trinajstić information content (AvgIpc) is 3.33. The maximum Gasteiger partial charge on any atom is 0.150 e. The first-order valence-electron chi connectivity index (χ1n) is 6.73. The van der Waals surface area contributed by atoms with Gasteiger partial charge in [-0.2, -0.15) is 0 Å². The summed E-state index contributed by atoms with van der Waals surface area (Å²) in [5.41, 5.74) is 6.90. The normalized spacial score (nSPS) is 16.8. The van der Waals surface area contributed by atoms with Crippen LogP contribution in [0.4, 0.5) is 4.39 Å². The molecule has 0 spiro atoms. The highest BCUT2D eigenvalue weighted by atomic mass is 19.1. The van der Waals surface area contributed by atoms with Crippen LogP contribution in [0.5, 0.6) is 0 Å². The smallest absolute Gasteiger partial charge is 0.150 e. The molecule has 0 aromatic heterocycles. The lowest BCUT2D eigenvalue weighted by molar-refractivity contribution is 0.0720. The maximum absolute atomic E-state index is 12.4. The molecule has 112 valence electrons. The first kappa shape index (κ1) is 16.8. The van der Waals surface area contributed by atoms with Gasteiger partial charge in [-0.1, -0.05) is 24.3 Å². The molecule has 4 nitrogen and oxygen atoms in total. The largest absolute Gasteiger partial charge is 0.375 e. The van der Waals surface area contributed by atoms with Crippen molar-refractivity contribution in [1.82, 2.24) is 5.32 Å². The molecular formula is C15H23FN2O2. The number of nitrogens with two attached hydrogens (primary N) is 1. The molecule has 20 heavy (non-hydrogen) atoms. The minimum absolute atomic E-state index is 0.476. The predicted molar refractivity (Wildman–Crippen MR) is 77.6 cm³/mol. The van der Waals surface area contributed by atoms with E-state index >= 15 is 0 Å². The van der Waals surface area contributed by atoms with Crippen molar-refractivity contribution >= 4 is 6.29 Å². The van der Waals surface area contributed by atoms with E-state index in [2.05, 4.69) is 5.32 Å². The first-order valence-corrected chi connectivity index (χ1v) is 6.73. The second-order valence-corrected chi connectivity index (χ2v) is 4.82. The van der Waals surface area contributed by atoms with Gasteiger partial charge in [-0.05, 0) is 25.5 Å². The summed E-state index contributed by atoms with van der Waals surface area (Å²) < 4.78 is 17.5. The lowest BCUT2D eigenvalue weighted by atomic mass is 10.0. The van der Waals surface area contributed by atoms with Crippen LogP contribution >= 0.6 is 0 Å². The van der Waals surface area contributed by atoms with Gasteiger partial charge in [0.15, 0.2) is 0 Å². The van der Waals surface area contributed by atoms with Crippen LogP contribution in [0.3, 0.4) is 0 Å². The Morgan fingerprint density at radius 3 is 2.35 bits per heavy atom. The number of carbonyl (C=O) groups excluding carboxylic acids is 1. The van der Waals surface area contributed by atoms with Gasteiger partial charge in [0, 0.05) is 18.7 Å². The van der Waals surface area contributed by atoms with Crippen molar-refractivity contribution < 1.29 is 13.9 Å². The molecule has 1 aromatic rings. The predicted octanol–water partition coefficient (Wildman–Crippen LogP) is 1.85. The molecule has 2 unspecified atom stereocenters. The molecule has 2 rings (SSSR count). The van der Waals surface area contributed by atoms with Crippen molar-refractivity contribution in [2.45, 2.75) is 31.0 Å². The van der Waals surface area contributed by atoms with E-state index in [0.29, 0.717) is 5.56 Å². The van der Waals surface area contributed by atoms with Crippen LogP contribution in [0.25, 0.3) is 0 Å². The third-order valence-corrected chi connectivity index (χ3v) is 3.21. The Labute approximate surface area is 119 Å². The Morgan fingerprint density at radius 1 is 1.45 bits per heavy atom. The minimum atomic E-state index is -0.683. The number of alkyl halides is 1. The molecule has 1 aliphatic carbocycles. The van der Waals surface area contributed by atoms with Gasteiger partial charge in [-0.3, -0.25) is 4.79 Å². The molecule has 3 N–H and O–H groups in total. The zero-order valence-electron chi connectivity index (χ0n) is 12.0. The summed E-state index contributed by atoms with van der Waals surface area (Å²) in [7, 11) is 3.49. The van der Waals surface area contributed by atoms with Gasteiger partial charge in [0.05, 0.1) is 12.1 Å². The summed E-state index contributed by atoms with van der Waals surface area (Å²) >= 11 is 0. The van der Waals surface area contributed by atoms with E-state index in [-0.39, 0.29) is 0 Å². The van der Waals surface area contributed by atoms with Gasteiger partial charge in [0.1, 0.15) is 13.0 Å². The Bertz CT molecular complexity index is 393. The number of benzene rings is 1. The highest BCUT2D eigenvalue weighted by Crippen LogP contribution is 2.20. The molecule has 1 aliphatic rings. The van der Waals surface area contributed by atoms with Crippen LogP contribution in [-0.2, 0) is 4.74 Å². The SMILES string of the molecule is CNC1CC1.COC(c1ccc(C=O)cc1)C(N)CF. The zero-order valence-corrected chi connectivity index (χ0v) is 12.0. The molecule has 5 heteroatoms. The Balaban J connectivity index is 0.000000333. The number of rotatable bonds is 6. The molecule has 0 heterocycles. The molecular weight excluding hydrogens is 259 g/mol. The second kappa shape index (κ2) is 8.79. The minimum Gasteiger partial charge on any atom is -0.375 e. The first-order chi connectivity index (χ1) is 9.65. The van der Waals surface area contributed by atoms with Gasteiger partial charge >= 0.3 is 0 Å². The maximum atomic E-state index is 12.4. The standard InChI is InChI=1S/C11H14FNO2.C4H9N/c1-15-11(10(13)6-12)9-4-2-8(7-14)3-5-9;1-5-4-2-3-4/h2-5,7,10-11H,6,13H2,1H3;4-5H,2-3H2,1H3. The van der Waals surface area contributed by atoms with Crippen LogP contribution in [0.15, 0.2) is 24.3 Å². The lowest BCUT2D eigenvalue weighted by Gasteiger charge is -2.20. The third-order valence-electron chi connectivity index (χ3n) is 3.21. The van der Waals surface area contributed by atoms with E-state index in [4.69, 9.17) is 10.5 Å². The summed E-state index contributed by atoms with van der Waals surface area (Å²) in [5, 5.41) is 3.14. The number of methoxy groups -OCH3 is 1. The molecule has 0 aliphatic heterocycles. The molecule has 0 bridgehead atoms. The Kier molecular flexibility index (Phi) is 7.36. The number of aldehydes is 1. The lowest BCUT2D eigenvalue weighted by Crippen LogP contribution is -2.31. The fourth-order valence-corrected chi connectivity index (χ4v) is 1.78. The average molecular weight is 282 g/mol. The number of halogens is 1. The van der Waals surface area contributed by atoms with Crippen LogP contribution < -0.4 is 11.1 Å². The van der Waals surface area contributed by atoms with E-state index in [1.54, 1.807) is 24.3 Å². The van der Waals surface area contributed by atoms with Crippen LogP contribution in [0, 0.1) is 0 Å². The van der Waals surface area contributed by atoms with Crippen molar-refractivity contribution in [3.63, 3.8) is 0 Å². The second-order valence-electron chi connectivity index (χ2n) is 4.82. The number of hydrogen-bond donors (Lipinski definition) is 2. The van der Waals surface area contributed by atoms with Gasteiger partial charge in [0.2, 0.25) is 0 Å². The van der Waals surface area contributed by atoms with Crippen LogP contribution in [-0.4, -0.2) is 39.2 Å². The highest BCUT2D eigenvalue weighted by Gasteiger charge is 2.19. The van der Waals surface area contributed by atoms with E-state index in [0.717, 1.165) is 17.9 Å². The zero-order chi connectivity index (χ0) is 15.0. The summed E-state index contributed by atoms with van der Waals surface area (Å²) in [6.07, 6.45) is 3.07. The number of hydrogen-bond acceptors (Lipinski definition) is 4. The van der Waals surface area contributed by atoms with Gasteiger partial charge in [0.25, 0.3) is 0 Å². The Morgan fingerprint density at radius 2 is 2.05 bits per heavy atom. The molecule has 0 radical (unpaired) electrons. The molecule has 0 saturated heterocycles. The van der Waals surface area contributed by atoms with Crippen molar-refractivity contribution in [1.29, 1.82) is 0 Å². The number of nitrogens with one attached hydrogen (secondary N) is 1. The Hall–Kier alpha value is -1.30. The summed E-state index contributed by atoms with van der Waals surface area (Å²) in [6, 6.07) is 6.94. The van der Waals surface area contributed by atoms with Crippen molar-refractivity contribution in [3.05, 3.63) is 35.4 Å². The summed E-state index contributed by atoms with van der Waals surface area (Å²) in [6.45, 7) is -0.645. The fourth-order valence-electron chi connectivity index (χ4n) is 1.78. The van der Waals surface area contributed by atoms with Gasteiger partial charge < -0.3 is 15.8 Å². The summed E-state index contributed by atoms with van der Waals surface area (Å²) in [4.78, 5) is 10.4. The van der Waals surface area contributed by atoms with E-state index in [1.165, 1.54) is 20.0 Å². The van der Waals surface area contributed by atoms with E-state index < -0.39 is 18.8 Å². The number of carbonyl (C=O) groups is 1. The van der Waals surface area contributed by atoms with Crippen molar-refractivity contribution in [2.24, 2.45) is 5.73 Å². The molecule has 0 amide bonds. The van der Waals surface area contributed by atoms with Crippen LogP contribution in [0.2, 0.25) is 0 Å². The fraction of sp³-hybridized carbons (Fsp3) is 0.533. The molecule has 1 aromatic carbocycles. The van der Waals surface area contributed by atoms with Crippen molar-refractivity contribution in [3.8, 4) is 0 Å². The molecule has 1 fully saturated rings.